The Bertz CT molecular complexity index is 681. The highest BCUT2D eigenvalue weighted by Gasteiger charge is 2.43. The van der Waals surface area contributed by atoms with Gasteiger partial charge in [0.2, 0.25) is 0 Å². The lowest BCUT2D eigenvalue weighted by atomic mass is 9.74. The highest BCUT2D eigenvalue weighted by atomic mass is 16.3. The molecule has 3 rings (SSSR count). The molecule has 1 aromatic rings. The molecule has 0 spiro atoms. The molecule has 1 aliphatic heterocycles. The Balaban J connectivity index is 1.88. The minimum absolute atomic E-state index is 0.110. The Morgan fingerprint density at radius 2 is 2.16 bits per heavy atom. The van der Waals surface area contributed by atoms with Crippen LogP contribution < -0.4 is 0 Å². The predicted octanol–water partition coefficient (Wildman–Crippen LogP) is 1.83. The summed E-state index contributed by atoms with van der Waals surface area (Å²) in [5.74, 6) is -0.0284. The number of carbonyl (C=O) groups is 2. The summed E-state index contributed by atoms with van der Waals surface area (Å²) < 4.78 is 0. The van der Waals surface area contributed by atoms with Crippen LogP contribution in [0.25, 0.3) is 0 Å². The van der Waals surface area contributed by atoms with Crippen molar-refractivity contribution in [2.45, 2.75) is 58.5 Å². The Morgan fingerprint density at radius 1 is 1.40 bits per heavy atom. The van der Waals surface area contributed by atoms with Gasteiger partial charge in [-0.2, -0.15) is 0 Å². The Morgan fingerprint density at radius 3 is 2.80 bits per heavy atom. The lowest BCUT2D eigenvalue weighted by Crippen LogP contribution is -2.55. The molecule has 25 heavy (non-hydrogen) atoms. The van der Waals surface area contributed by atoms with Crippen LogP contribution in [0.5, 0.6) is 0 Å². The van der Waals surface area contributed by atoms with Gasteiger partial charge in [-0.3, -0.25) is 9.59 Å². The van der Waals surface area contributed by atoms with E-state index in [-0.39, 0.29) is 18.3 Å². The minimum Gasteiger partial charge on any atom is -0.396 e. The van der Waals surface area contributed by atoms with Gasteiger partial charge in [0.1, 0.15) is 5.69 Å². The first-order chi connectivity index (χ1) is 11.9. The third-order valence-corrected chi connectivity index (χ3v) is 5.89. The molecule has 3 N–H and O–H groups in total. The van der Waals surface area contributed by atoms with Crippen LogP contribution in [0.15, 0.2) is 0 Å². The van der Waals surface area contributed by atoms with Gasteiger partial charge < -0.3 is 20.1 Å². The zero-order valence-electron chi connectivity index (χ0n) is 15.1. The van der Waals surface area contributed by atoms with Crippen molar-refractivity contribution in [3.63, 3.8) is 0 Å². The SMILES string of the molecule is CCC[C@@]1(CO)CN(C(=O)c2[nH]c3c(c2C)C(=O)CCC3)CC[C@H]1O. The molecule has 0 unspecified atom stereocenters. The summed E-state index contributed by atoms with van der Waals surface area (Å²) in [5, 5.41) is 20.3. The molecule has 0 bridgehead atoms. The number of piperidine rings is 1. The maximum Gasteiger partial charge on any atom is 0.270 e. The molecule has 1 fully saturated rings. The first-order valence-electron chi connectivity index (χ1n) is 9.26. The molecular formula is C19H28N2O4. The second kappa shape index (κ2) is 6.92. The number of aryl methyl sites for hydroxylation is 1. The molecule has 1 aliphatic carbocycles. The molecule has 2 aliphatic rings. The highest BCUT2D eigenvalue weighted by molar-refractivity contribution is 6.04. The number of nitrogens with zero attached hydrogens (tertiary/aromatic N) is 1. The largest absolute Gasteiger partial charge is 0.396 e. The highest BCUT2D eigenvalue weighted by Crippen LogP contribution is 2.36. The maximum atomic E-state index is 13.1. The van der Waals surface area contributed by atoms with E-state index in [0.717, 1.165) is 30.5 Å². The summed E-state index contributed by atoms with van der Waals surface area (Å²) in [4.78, 5) is 30.2. The van der Waals surface area contributed by atoms with Gasteiger partial charge in [-0.05, 0) is 38.2 Å². The summed E-state index contributed by atoms with van der Waals surface area (Å²) in [7, 11) is 0. The number of nitrogens with one attached hydrogen (secondary N) is 1. The van der Waals surface area contributed by atoms with E-state index in [1.165, 1.54) is 0 Å². The van der Waals surface area contributed by atoms with Crippen molar-refractivity contribution in [1.82, 2.24) is 9.88 Å². The number of H-pyrrole nitrogens is 1. The van der Waals surface area contributed by atoms with Gasteiger partial charge in [0.25, 0.3) is 5.91 Å². The van der Waals surface area contributed by atoms with Crippen molar-refractivity contribution in [3.05, 3.63) is 22.5 Å². The number of aromatic nitrogens is 1. The zero-order chi connectivity index (χ0) is 18.2. The van der Waals surface area contributed by atoms with Crippen LogP contribution in [0.2, 0.25) is 0 Å². The van der Waals surface area contributed by atoms with Gasteiger partial charge in [0.05, 0.1) is 12.7 Å². The molecule has 2 atom stereocenters. The Kier molecular flexibility index (Phi) is 5.02. The first kappa shape index (κ1) is 18.1. The van der Waals surface area contributed by atoms with E-state index < -0.39 is 11.5 Å². The van der Waals surface area contributed by atoms with E-state index >= 15 is 0 Å². The molecule has 1 amide bonds. The molecule has 1 saturated heterocycles. The van der Waals surface area contributed by atoms with E-state index in [2.05, 4.69) is 4.98 Å². The van der Waals surface area contributed by atoms with Gasteiger partial charge in [0, 0.05) is 36.2 Å². The van der Waals surface area contributed by atoms with Crippen LogP contribution in [0.4, 0.5) is 0 Å². The lowest BCUT2D eigenvalue weighted by molar-refractivity contribution is -0.0721. The number of Topliss-reactive ketones (excluding diaryl/α,β-unsaturated/α-hetero) is 1. The van der Waals surface area contributed by atoms with E-state index in [9.17, 15) is 19.8 Å². The normalized spacial score (nSPS) is 26.6. The number of amides is 1. The van der Waals surface area contributed by atoms with E-state index in [0.29, 0.717) is 43.6 Å². The predicted molar refractivity (Wildman–Crippen MR) is 93.8 cm³/mol. The van der Waals surface area contributed by atoms with Crippen molar-refractivity contribution in [2.24, 2.45) is 5.41 Å². The third-order valence-electron chi connectivity index (χ3n) is 5.89. The fourth-order valence-electron chi connectivity index (χ4n) is 4.45. The number of carbonyl (C=O) groups excluding carboxylic acids is 2. The van der Waals surface area contributed by atoms with Crippen molar-refractivity contribution in [1.29, 1.82) is 0 Å². The van der Waals surface area contributed by atoms with E-state index in [1.54, 1.807) is 4.90 Å². The second-order valence-electron chi connectivity index (χ2n) is 7.56. The van der Waals surface area contributed by atoms with Crippen LogP contribution in [-0.4, -0.2) is 57.6 Å². The Labute approximate surface area is 148 Å². The number of hydrogen-bond donors (Lipinski definition) is 3. The van der Waals surface area contributed by atoms with Gasteiger partial charge >= 0.3 is 0 Å². The number of fused-ring (bicyclic) bond motifs is 1. The van der Waals surface area contributed by atoms with Crippen molar-refractivity contribution >= 4 is 11.7 Å². The second-order valence-corrected chi connectivity index (χ2v) is 7.56. The summed E-state index contributed by atoms with van der Waals surface area (Å²) in [6.07, 6.45) is 3.53. The molecule has 1 aromatic heterocycles. The first-order valence-corrected chi connectivity index (χ1v) is 9.26. The fraction of sp³-hybridized carbons (Fsp3) is 0.684. The molecule has 0 aromatic carbocycles. The number of likely N-dealkylation sites (tertiary alicyclic amines) is 1. The zero-order valence-corrected chi connectivity index (χ0v) is 15.1. The number of hydrogen-bond acceptors (Lipinski definition) is 4. The van der Waals surface area contributed by atoms with Crippen LogP contribution in [0.1, 0.15) is 71.1 Å². The molecular weight excluding hydrogens is 320 g/mol. The average Bonchev–Trinajstić information content (AvgIpc) is 2.94. The number of aliphatic hydroxyl groups excluding tert-OH is 2. The van der Waals surface area contributed by atoms with Crippen LogP contribution >= 0.6 is 0 Å². The third kappa shape index (κ3) is 3.02. The van der Waals surface area contributed by atoms with Crippen molar-refractivity contribution < 1.29 is 19.8 Å². The molecule has 138 valence electrons. The Hall–Kier alpha value is -1.66. The quantitative estimate of drug-likeness (QED) is 0.774. The van der Waals surface area contributed by atoms with Gasteiger partial charge in [0.15, 0.2) is 5.78 Å². The summed E-state index contributed by atoms with van der Waals surface area (Å²) in [6.45, 7) is 4.51. The average molecular weight is 348 g/mol. The number of rotatable bonds is 4. The fourth-order valence-corrected chi connectivity index (χ4v) is 4.45. The number of aromatic amines is 1. The topological polar surface area (TPSA) is 93.6 Å². The molecule has 2 heterocycles. The smallest absolute Gasteiger partial charge is 0.270 e. The summed E-state index contributed by atoms with van der Waals surface area (Å²) >= 11 is 0. The van der Waals surface area contributed by atoms with E-state index in [4.69, 9.17) is 0 Å². The van der Waals surface area contributed by atoms with Crippen molar-refractivity contribution in [2.75, 3.05) is 19.7 Å². The summed E-state index contributed by atoms with van der Waals surface area (Å²) in [5.41, 5.74) is 2.13. The molecule has 6 nitrogen and oxygen atoms in total. The molecule has 0 saturated carbocycles. The lowest BCUT2D eigenvalue weighted by Gasteiger charge is -2.45. The number of ketones is 1. The standard InChI is InChI=1S/C19H28N2O4/c1-3-8-19(11-22)10-21(9-7-15(19)24)18(25)17-12(2)16-13(20-17)5-4-6-14(16)23/h15,20,22,24H,3-11H2,1-2H3/t15-,19+/m1/s1. The van der Waals surface area contributed by atoms with Gasteiger partial charge in [-0.25, -0.2) is 0 Å². The van der Waals surface area contributed by atoms with Gasteiger partial charge in [-0.15, -0.1) is 0 Å². The van der Waals surface area contributed by atoms with Gasteiger partial charge in [-0.1, -0.05) is 13.3 Å². The molecule has 6 heteroatoms. The number of aliphatic hydroxyl groups is 2. The minimum atomic E-state index is -0.654. The monoisotopic (exact) mass is 348 g/mol. The van der Waals surface area contributed by atoms with Crippen LogP contribution in [-0.2, 0) is 6.42 Å². The van der Waals surface area contributed by atoms with E-state index in [1.807, 2.05) is 13.8 Å². The van der Waals surface area contributed by atoms with Crippen LogP contribution in [0.3, 0.4) is 0 Å². The molecule has 0 radical (unpaired) electrons. The van der Waals surface area contributed by atoms with Crippen LogP contribution in [0, 0.1) is 12.3 Å². The maximum absolute atomic E-state index is 13.1. The van der Waals surface area contributed by atoms with Crippen molar-refractivity contribution in [3.8, 4) is 0 Å². The summed E-state index contributed by atoms with van der Waals surface area (Å²) in [6, 6.07) is 0.